The molecule has 6 heteroatoms. The number of carboxylic acids is 1. The number of hydrogen-bond acceptors (Lipinski definition) is 2. The molecule has 96 valence electrons. The number of urea groups is 1. The molecule has 1 aliphatic rings. The summed E-state index contributed by atoms with van der Waals surface area (Å²) in [6.45, 7) is 0. The Morgan fingerprint density at radius 2 is 2.11 bits per heavy atom. The predicted molar refractivity (Wildman–Crippen MR) is 63.2 cm³/mol. The fourth-order valence-corrected chi connectivity index (χ4v) is 1.63. The van der Waals surface area contributed by atoms with Crippen molar-refractivity contribution in [3.05, 3.63) is 29.6 Å². The minimum absolute atomic E-state index is 0.0985. The Morgan fingerprint density at radius 1 is 1.44 bits per heavy atom. The van der Waals surface area contributed by atoms with Crippen molar-refractivity contribution in [1.29, 1.82) is 0 Å². The van der Waals surface area contributed by atoms with E-state index in [1.807, 2.05) is 0 Å². The molecule has 1 aliphatic carbocycles. The molecule has 0 aliphatic heterocycles. The van der Waals surface area contributed by atoms with Crippen LogP contribution in [0.15, 0.2) is 18.2 Å². The van der Waals surface area contributed by atoms with Crippen LogP contribution in [0.2, 0.25) is 0 Å². The number of hydrogen-bond donors (Lipinski definition) is 2. The minimum atomic E-state index is -1.28. The first kappa shape index (κ1) is 12.3. The van der Waals surface area contributed by atoms with E-state index in [0.29, 0.717) is 0 Å². The SMILES string of the molecule is CN(C(=O)Nc1ccc(F)cc1C(=O)O)C1CC1. The van der Waals surface area contributed by atoms with Crippen molar-refractivity contribution in [3.63, 3.8) is 0 Å². The second kappa shape index (κ2) is 4.64. The van der Waals surface area contributed by atoms with E-state index < -0.39 is 11.8 Å². The molecule has 1 saturated carbocycles. The van der Waals surface area contributed by atoms with E-state index in [4.69, 9.17) is 5.11 Å². The monoisotopic (exact) mass is 252 g/mol. The topological polar surface area (TPSA) is 69.6 Å². The third-order valence-electron chi connectivity index (χ3n) is 2.87. The van der Waals surface area contributed by atoms with E-state index in [0.717, 1.165) is 25.0 Å². The lowest BCUT2D eigenvalue weighted by molar-refractivity contribution is 0.0697. The lowest BCUT2D eigenvalue weighted by atomic mass is 10.1. The third-order valence-corrected chi connectivity index (χ3v) is 2.87. The summed E-state index contributed by atoms with van der Waals surface area (Å²) >= 11 is 0. The summed E-state index contributed by atoms with van der Waals surface area (Å²) in [7, 11) is 1.65. The molecule has 2 rings (SSSR count). The predicted octanol–water partition coefficient (Wildman–Crippen LogP) is 2.15. The third kappa shape index (κ3) is 2.58. The number of carboxylic acid groups (broad SMARTS) is 1. The summed E-state index contributed by atoms with van der Waals surface area (Å²) in [6, 6.07) is 3.08. The van der Waals surface area contributed by atoms with Gasteiger partial charge in [0.15, 0.2) is 0 Å². The highest BCUT2D eigenvalue weighted by Gasteiger charge is 2.30. The van der Waals surface area contributed by atoms with Crippen LogP contribution >= 0.6 is 0 Å². The number of nitrogens with one attached hydrogen (secondary N) is 1. The summed E-state index contributed by atoms with van der Waals surface area (Å²) < 4.78 is 13.0. The van der Waals surface area contributed by atoms with Crippen LogP contribution in [0.3, 0.4) is 0 Å². The van der Waals surface area contributed by atoms with Gasteiger partial charge in [0.05, 0.1) is 11.3 Å². The van der Waals surface area contributed by atoms with Crippen LogP contribution in [0.5, 0.6) is 0 Å². The second-order valence-corrected chi connectivity index (χ2v) is 4.27. The lowest BCUT2D eigenvalue weighted by Crippen LogP contribution is -2.33. The van der Waals surface area contributed by atoms with E-state index in [9.17, 15) is 14.0 Å². The van der Waals surface area contributed by atoms with Crippen molar-refractivity contribution in [2.75, 3.05) is 12.4 Å². The van der Waals surface area contributed by atoms with E-state index in [2.05, 4.69) is 5.32 Å². The van der Waals surface area contributed by atoms with Crippen LogP contribution in [0.25, 0.3) is 0 Å². The van der Waals surface area contributed by atoms with Crippen LogP contribution in [0.4, 0.5) is 14.9 Å². The van der Waals surface area contributed by atoms with Crippen LogP contribution in [-0.2, 0) is 0 Å². The Kier molecular flexibility index (Phi) is 3.18. The maximum Gasteiger partial charge on any atom is 0.337 e. The average molecular weight is 252 g/mol. The van der Waals surface area contributed by atoms with Crippen molar-refractivity contribution < 1.29 is 19.1 Å². The molecule has 1 aromatic carbocycles. The van der Waals surface area contributed by atoms with Crippen molar-refractivity contribution in [3.8, 4) is 0 Å². The van der Waals surface area contributed by atoms with Gasteiger partial charge in [0, 0.05) is 13.1 Å². The van der Waals surface area contributed by atoms with Gasteiger partial charge in [-0.3, -0.25) is 0 Å². The number of benzene rings is 1. The van der Waals surface area contributed by atoms with Crippen molar-refractivity contribution >= 4 is 17.7 Å². The first-order valence-electron chi connectivity index (χ1n) is 5.55. The van der Waals surface area contributed by atoms with Crippen LogP contribution in [-0.4, -0.2) is 35.1 Å². The van der Waals surface area contributed by atoms with Gasteiger partial charge in [-0.15, -0.1) is 0 Å². The molecule has 1 fully saturated rings. The molecular weight excluding hydrogens is 239 g/mol. The van der Waals surface area contributed by atoms with Gasteiger partial charge in [-0.25, -0.2) is 14.0 Å². The van der Waals surface area contributed by atoms with Gasteiger partial charge in [0.1, 0.15) is 5.82 Å². The fourth-order valence-electron chi connectivity index (χ4n) is 1.63. The largest absolute Gasteiger partial charge is 0.478 e. The summed E-state index contributed by atoms with van der Waals surface area (Å²) in [5.41, 5.74) is -0.158. The number of carbonyl (C=O) groups excluding carboxylic acids is 1. The number of rotatable bonds is 3. The second-order valence-electron chi connectivity index (χ2n) is 4.27. The van der Waals surface area contributed by atoms with Gasteiger partial charge >= 0.3 is 12.0 Å². The van der Waals surface area contributed by atoms with Crippen LogP contribution in [0.1, 0.15) is 23.2 Å². The molecule has 0 atom stereocenters. The molecular formula is C12H13FN2O3. The highest BCUT2D eigenvalue weighted by atomic mass is 19.1. The summed E-state index contributed by atoms with van der Waals surface area (Å²) in [4.78, 5) is 24.2. The zero-order valence-electron chi connectivity index (χ0n) is 9.81. The molecule has 0 aromatic heterocycles. The molecule has 5 nitrogen and oxygen atoms in total. The molecule has 2 amide bonds. The summed E-state index contributed by atoms with van der Waals surface area (Å²) in [5.74, 6) is -1.93. The average Bonchev–Trinajstić information content (AvgIpc) is 3.14. The molecule has 0 radical (unpaired) electrons. The van der Waals surface area contributed by atoms with Crippen LogP contribution < -0.4 is 5.32 Å². The highest BCUT2D eigenvalue weighted by molar-refractivity contribution is 6.00. The number of nitrogens with zero attached hydrogens (tertiary/aromatic N) is 1. The maximum absolute atomic E-state index is 13.0. The Bertz CT molecular complexity index is 500. The Labute approximate surface area is 103 Å². The number of halogens is 1. The standard InChI is InChI=1S/C12H13FN2O3/c1-15(8-3-4-8)12(18)14-10-5-2-7(13)6-9(10)11(16)17/h2,5-6,8H,3-4H2,1H3,(H,14,18)(H,16,17). The number of amides is 2. The fraction of sp³-hybridized carbons (Fsp3) is 0.333. The van der Waals surface area contributed by atoms with Gasteiger partial charge in [-0.2, -0.15) is 0 Å². The van der Waals surface area contributed by atoms with E-state index in [1.54, 1.807) is 7.05 Å². The highest BCUT2D eigenvalue weighted by Crippen LogP contribution is 2.26. The van der Waals surface area contributed by atoms with Crippen molar-refractivity contribution in [2.24, 2.45) is 0 Å². The molecule has 1 aromatic rings. The first-order chi connectivity index (χ1) is 8.49. The first-order valence-corrected chi connectivity index (χ1v) is 5.55. The van der Waals surface area contributed by atoms with E-state index in [-0.39, 0.29) is 23.3 Å². The maximum atomic E-state index is 13.0. The van der Waals surface area contributed by atoms with E-state index in [1.165, 1.54) is 11.0 Å². The lowest BCUT2D eigenvalue weighted by Gasteiger charge is -2.17. The smallest absolute Gasteiger partial charge is 0.337 e. The van der Waals surface area contributed by atoms with Gasteiger partial charge in [0.25, 0.3) is 0 Å². The molecule has 0 unspecified atom stereocenters. The Hall–Kier alpha value is -2.11. The molecule has 2 N–H and O–H groups in total. The van der Waals surface area contributed by atoms with Gasteiger partial charge in [-0.1, -0.05) is 0 Å². The Balaban J connectivity index is 2.17. The van der Waals surface area contributed by atoms with E-state index >= 15 is 0 Å². The van der Waals surface area contributed by atoms with Gasteiger partial charge < -0.3 is 15.3 Å². The van der Waals surface area contributed by atoms with Crippen molar-refractivity contribution in [2.45, 2.75) is 18.9 Å². The normalized spacial score (nSPS) is 14.1. The van der Waals surface area contributed by atoms with Crippen LogP contribution in [0, 0.1) is 5.82 Å². The summed E-state index contributed by atoms with van der Waals surface area (Å²) in [5, 5.41) is 11.4. The molecule has 0 heterocycles. The minimum Gasteiger partial charge on any atom is -0.478 e. The number of aromatic carboxylic acids is 1. The zero-order chi connectivity index (χ0) is 13.3. The molecule has 0 saturated heterocycles. The molecule has 0 spiro atoms. The number of carbonyl (C=O) groups is 2. The Morgan fingerprint density at radius 3 is 2.67 bits per heavy atom. The quantitative estimate of drug-likeness (QED) is 0.866. The molecule has 0 bridgehead atoms. The van der Waals surface area contributed by atoms with Gasteiger partial charge in [0.2, 0.25) is 0 Å². The number of anilines is 1. The molecule has 18 heavy (non-hydrogen) atoms. The zero-order valence-corrected chi connectivity index (χ0v) is 9.81. The van der Waals surface area contributed by atoms with Gasteiger partial charge in [-0.05, 0) is 31.0 Å². The van der Waals surface area contributed by atoms with Crippen molar-refractivity contribution in [1.82, 2.24) is 4.90 Å². The summed E-state index contributed by atoms with van der Waals surface area (Å²) in [6.07, 6.45) is 1.91.